The monoisotopic (exact) mass is 302 g/mol. The first kappa shape index (κ1) is 19.3. The van der Waals surface area contributed by atoms with Gasteiger partial charge in [-0.2, -0.15) is 0 Å². The Balaban J connectivity index is 4.10. The zero-order chi connectivity index (χ0) is 16.1. The van der Waals surface area contributed by atoms with E-state index < -0.39 is 17.4 Å². The smallest absolute Gasteiger partial charge is 0.332 e. The van der Waals surface area contributed by atoms with Crippen molar-refractivity contribution in [1.29, 1.82) is 0 Å². The molecule has 7 heteroatoms. The minimum atomic E-state index is -0.666. The minimum Gasteiger partial charge on any atom is -0.435 e. The van der Waals surface area contributed by atoms with Crippen LogP contribution in [0.3, 0.4) is 0 Å². The largest absolute Gasteiger partial charge is 0.435 e. The summed E-state index contributed by atoms with van der Waals surface area (Å²) in [5.74, 6) is -1.18. The van der Waals surface area contributed by atoms with Gasteiger partial charge in [-0.15, -0.1) is 0 Å². The molecular weight excluding hydrogens is 280 g/mol. The van der Waals surface area contributed by atoms with Gasteiger partial charge in [-0.1, -0.05) is 20.1 Å². The maximum absolute atomic E-state index is 10.8. The van der Waals surface area contributed by atoms with Crippen LogP contribution in [-0.4, -0.2) is 50.5 Å². The second-order valence-electron chi connectivity index (χ2n) is 4.28. The second kappa shape index (κ2) is 11.0. The first-order valence-corrected chi connectivity index (χ1v) is 6.38. The average Bonchev–Trinajstić information content (AvgIpc) is 2.53. The summed E-state index contributed by atoms with van der Waals surface area (Å²) in [4.78, 5) is 21.7. The molecule has 0 saturated heterocycles. The van der Waals surface area contributed by atoms with Crippen LogP contribution in [0.2, 0.25) is 0 Å². The van der Waals surface area contributed by atoms with Gasteiger partial charge in [0.15, 0.2) is 13.6 Å². The third-order valence-electron chi connectivity index (χ3n) is 2.80. The molecule has 0 aliphatic heterocycles. The van der Waals surface area contributed by atoms with Crippen molar-refractivity contribution in [3.8, 4) is 0 Å². The van der Waals surface area contributed by atoms with Gasteiger partial charge in [-0.25, -0.2) is 9.59 Å². The topological polar surface area (TPSA) is 91.3 Å². The Bertz CT molecular complexity index is 317. The van der Waals surface area contributed by atoms with E-state index in [1.807, 2.05) is 6.92 Å². The number of carbonyl (C=O) groups excluding carboxylic acids is 2. The molecule has 0 aliphatic rings. The highest BCUT2D eigenvalue weighted by Crippen LogP contribution is 2.22. The average molecular weight is 302 g/mol. The molecule has 120 valence electrons. The lowest BCUT2D eigenvalue weighted by Crippen LogP contribution is -2.36. The van der Waals surface area contributed by atoms with Crippen molar-refractivity contribution in [2.75, 3.05) is 33.4 Å². The van der Waals surface area contributed by atoms with Gasteiger partial charge in [0.1, 0.15) is 0 Å². The maximum atomic E-state index is 10.8. The molecule has 0 unspecified atom stereocenters. The Morgan fingerprint density at radius 1 is 1.05 bits per heavy atom. The fraction of sp³-hybridized carbons (Fsp3) is 0.571. The van der Waals surface area contributed by atoms with Crippen molar-refractivity contribution in [1.82, 2.24) is 0 Å². The Hall–Kier alpha value is -1.70. The third-order valence-corrected chi connectivity index (χ3v) is 2.80. The SMILES string of the molecule is C=CC(=O)OCOCC(CC)(CO)COCOC(=O)C=C. The minimum absolute atomic E-state index is 0.125. The lowest BCUT2D eigenvalue weighted by Gasteiger charge is -2.29. The van der Waals surface area contributed by atoms with Crippen LogP contribution in [0.4, 0.5) is 0 Å². The van der Waals surface area contributed by atoms with E-state index >= 15 is 0 Å². The molecule has 0 aliphatic carbocycles. The predicted molar refractivity (Wildman–Crippen MR) is 74.0 cm³/mol. The molecular formula is C14H22O7. The van der Waals surface area contributed by atoms with Crippen molar-refractivity contribution in [3.05, 3.63) is 25.3 Å². The molecule has 0 atom stereocenters. The summed E-state index contributed by atoms with van der Waals surface area (Å²) in [6, 6.07) is 0. The molecule has 0 spiro atoms. The normalized spacial score (nSPS) is 10.8. The highest BCUT2D eigenvalue weighted by atomic mass is 16.7. The standard InChI is InChI=1S/C14H22O7/c1-4-12(16)20-10-18-8-14(6-3,7-15)9-19-11-21-13(17)5-2/h4-5,15H,1-2,6-11H2,3H3. The van der Waals surface area contributed by atoms with Crippen LogP contribution in [0.5, 0.6) is 0 Å². The van der Waals surface area contributed by atoms with Gasteiger partial charge < -0.3 is 24.1 Å². The Kier molecular flexibility index (Phi) is 10.1. The number of hydrogen-bond donors (Lipinski definition) is 1. The fourth-order valence-electron chi connectivity index (χ4n) is 1.28. The molecule has 0 aromatic rings. The molecule has 7 nitrogen and oxygen atoms in total. The number of aliphatic hydroxyl groups excluding tert-OH is 1. The van der Waals surface area contributed by atoms with Crippen LogP contribution in [0, 0.1) is 5.41 Å². The summed E-state index contributed by atoms with van der Waals surface area (Å²) in [6.45, 7) is 7.95. The van der Waals surface area contributed by atoms with Crippen molar-refractivity contribution in [2.24, 2.45) is 5.41 Å². The van der Waals surface area contributed by atoms with Crippen LogP contribution >= 0.6 is 0 Å². The molecule has 0 fully saturated rings. The predicted octanol–water partition coefficient (Wildman–Crippen LogP) is 0.782. The van der Waals surface area contributed by atoms with Crippen molar-refractivity contribution in [2.45, 2.75) is 13.3 Å². The molecule has 0 bridgehead atoms. The van der Waals surface area contributed by atoms with Crippen molar-refractivity contribution < 1.29 is 33.6 Å². The first-order valence-electron chi connectivity index (χ1n) is 6.38. The van der Waals surface area contributed by atoms with Gasteiger partial charge in [0.2, 0.25) is 0 Å². The van der Waals surface area contributed by atoms with E-state index in [1.165, 1.54) is 0 Å². The highest BCUT2D eigenvalue weighted by molar-refractivity contribution is 5.81. The summed E-state index contributed by atoms with van der Waals surface area (Å²) in [5.41, 5.74) is -0.666. The van der Waals surface area contributed by atoms with Crippen LogP contribution < -0.4 is 0 Å². The fourth-order valence-corrected chi connectivity index (χ4v) is 1.28. The zero-order valence-corrected chi connectivity index (χ0v) is 12.2. The Morgan fingerprint density at radius 2 is 1.48 bits per heavy atom. The summed E-state index contributed by atoms with van der Waals surface area (Å²) in [7, 11) is 0. The van der Waals surface area contributed by atoms with Crippen LogP contribution in [0.15, 0.2) is 25.3 Å². The van der Waals surface area contributed by atoms with Gasteiger partial charge in [0.05, 0.1) is 19.8 Å². The zero-order valence-electron chi connectivity index (χ0n) is 12.2. The summed E-state index contributed by atoms with van der Waals surface area (Å²) in [5, 5.41) is 9.48. The molecule has 0 heterocycles. The molecule has 0 amide bonds. The van der Waals surface area contributed by atoms with Crippen LogP contribution in [0.1, 0.15) is 13.3 Å². The lowest BCUT2D eigenvalue weighted by molar-refractivity contribution is -0.163. The van der Waals surface area contributed by atoms with Crippen molar-refractivity contribution in [3.63, 3.8) is 0 Å². The Morgan fingerprint density at radius 3 is 1.76 bits per heavy atom. The second-order valence-corrected chi connectivity index (χ2v) is 4.28. The van der Waals surface area contributed by atoms with Gasteiger partial charge in [-0.3, -0.25) is 0 Å². The van der Waals surface area contributed by atoms with E-state index in [1.54, 1.807) is 0 Å². The number of ether oxygens (including phenoxy) is 4. The van der Waals surface area contributed by atoms with Gasteiger partial charge in [0.25, 0.3) is 0 Å². The molecule has 0 saturated carbocycles. The summed E-state index contributed by atoms with van der Waals surface area (Å²) >= 11 is 0. The van der Waals surface area contributed by atoms with E-state index in [4.69, 9.17) is 9.47 Å². The number of aliphatic hydroxyl groups is 1. The molecule has 0 aromatic heterocycles. The summed E-state index contributed by atoms with van der Waals surface area (Å²) in [6.07, 6.45) is 2.62. The van der Waals surface area contributed by atoms with Gasteiger partial charge in [0, 0.05) is 17.6 Å². The number of carbonyl (C=O) groups is 2. The third kappa shape index (κ3) is 8.23. The lowest BCUT2D eigenvalue weighted by atomic mass is 9.88. The molecule has 1 N–H and O–H groups in total. The molecule has 0 radical (unpaired) electrons. The number of hydrogen-bond acceptors (Lipinski definition) is 7. The van der Waals surface area contributed by atoms with E-state index in [-0.39, 0.29) is 33.4 Å². The molecule has 21 heavy (non-hydrogen) atoms. The van der Waals surface area contributed by atoms with E-state index in [9.17, 15) is 14.7 Å². The maximum Gasteiger partial charge on any atom is 0.332 e. The number of rotatable bonds is 12. The summed E-state index contributed by atoms with van der Waals surface area (Å²) < 4.78 is 19.7. The highest BCUT2D eigenvalue weighted by Gasteiger charge is 2.28. The van der Waals surface area contributed by atoms with Crippen molar-refractivity contribution >= 4 is 11.9 Å². The Labute approximate surface area is 124 Å². The molecule has 0 aromatic carbocycles. The van der Waals surface area contributed by atoms with Crippen LogP contribution in [0.25, 0.3) is 0 Å². The van der Waals surface area contributed by atoms with E-state index in [2.05, 4.69) is 22.6 Å². The molecule has 0 rings (SSSR count). The first-order chi connectivity index (χ1) is 10.0. The number of esters is 2. The van der Waals surface area contributed by atoms with E-state index in [0.717, 1.165) is 12.2 Å². The van der Waals surface area contributed by atoms with Gasteiger partial charge >= 0.3 is 11.9 Å². The van der Waals surface area contributed by atoms with E-state index in [0.29, 0.717) is 6.42 Å². The quantitative estimate of drug-likeness (QED) is 0.246. The van der Waals surface area contributed by atoms with Gasteiger partial charge in [-0.05, 0) is 6.42 Å². The van der Waals surface area contributed by atoms with Crippen LogP contribution in [-0.2, 0) is 28.5 Å².